The standard InChI is InChI=1S/C22H24ClN3O5/c23-19-13-16(9-10-24-19)21(28)26-12-11-25-20(27)14-1-5-17(6-2-14)31-18-7-3-15(4-8-18)22(29)30/h1-2,5-6,9-10,13,15,18H,3-4,7-8,11-12H2,(H,25,27)(H,26,28)(H,29,30). The third-order valence-electron chi connectivity index (χ3n) is 5.13. The number of carboxylic acid groups (broad SMARTS) is 1. The van der Waals surface area contributed by atoms with E-state index in [2.05, 4.69) is 15.6 Å². The number of hydrogen-bond donors (Lipinski definition) is 3. The third kappa shape index (κ3) is 6.68. The lowest BCUT2D eigenvalue weighted by molar-refractivity contribution is -0.143. The van der Waals surface area contributed by atoms with Gasteiger partial charge in [0, 0.05) is 30.4 Å². The van der Waals surface area contributed by atoms with Gasteiger partial charge in [0.25, 0.3) is 11.8 Å². The van der Waals surface area contributed by atoms with Gasteiger partial charge in [-0.3, -0.25) is 14.4 Å². The van der Waals surface area contributed by atoms with Gasteiger partial charge in [-0.1, -0.05) is 11.6 Å². The van der Waals surface area contributed by atoms with Gasteiger partial charge in [-0.25, -0.2) is 4.98 Å². The summed E-state index contributed by atoms with van der Waals surface area (Å²) in [6.07, 6.45) is 4.09. The molecule has 1 fully saturated rings. The first kappa shape index (κ1) is 22.6. The summed E-state index contributed by atoms with van der Waals surface area (Å²) in [6, 6.07) is 9.83. The van der Waals surface area contributed by atoms with E-state index in [-0.39, 0.29) is 42.1 Å². The van der Waals surface area contributed by atoms with E-state index in [1.54, 1.807) is 30.3 Å². The summed E-state index contributed by atoms with van der Waals surface area (Å²) in [6.45, 7) is 0.541. The van der Waals surface area contributed by atoms with Crippen molar-refractivity contribution in [2.24, 2.45) is 5.92 Å². The second-order valence-electron chi connectivity index (χ2n) is 7.33. The van der Waals surface area contributed by atoms with Crippen molar-refractivity contribution in [3.63, 3.8) is 0 Å². The van der Waals surface area contributed by atoms with Crippen molar-refractivity contribution >= 4 is 29.4 Å². The van der Waals surface area contributed by atoms with Crippen LogP contribution >= 0.6 is 11.6 Å². The highest BCUT2D eigenvalue weighted by Crippen LogP contribution is 2.28. The molecule has 9 heteroatoms. The van der Waals surface area contributed by atoms with Crippen molar-refractivity contribution in [3.05, 3.63) is 58.9 Å². The van der Waals surface area contributed by atoms with Crippen molar-refractivity contribution in [2.45, 2.75) is 31.8 Å². The fourth-order valence-electron chi connectivity index (χ4n) is 3.40. The molecule has 31 heavy (non-hydrogen) atoms. The Balaban J connectivity index is 1.39. The van der Waals surface area contributed by atoms with Crippen LogP contribution in [0, 0.1) is 5.92 Å². The first-order valence-corrected chi connectivity index (χ1v) is 10.5. The molecule has 8 nitrogen and oxygen atoms in total. The lowest BCUT2D eigenvalue weighted by Gasteiger charge is -2.26. The van der Waals surface area contributed by atoms with Crippen LogP contribution in [-0.2, 0) is 4.79 Å². The summed E-state index contributed by atoms with van der Waals surface area (Å²) >= 11 is 5.76. The lowest BCUT2D eigenvalue weighted by Crippen LogP contribution is -2.34. The Morgan fingerprint density at radius 1 is 0.968 bits per heavy atom. The van der Waals surface area contributed by atoms with Gasteiger partial charge < -0.3 is 20.5 Å². The average Bonchev–Trinajstić information content (AvgIpc) is 2.77. The summed E-state index contributed by atoms with van der Waals surface area (Å²) in [4.78, 5) is 39.1. The first-order chi connectivity index (χ1) is 14.9. The molecule has 3 N–H and O–H groups in total. The minimum Gasteiger partial charge on any atom is -0.490 e. The quantitative estimate of drug-likeness (QED) is 0.424. The number of ether oxygens (including phenoxy) is 1. The lowest BCUT2D eigenvalue weighted by atomic mass is 9.87. The maximum Gasteiger partial charge on any atom is 0.306 e. The smallest absolute Gasteiger partial charge is 0.306 e. The SMILES string of the molecule is O=C(NCCNC(=O)c1ccnc(Cl)c1)c1ccc(OC2CCC(C(=O)O)CC2)cc1. The van der Waals surface area contributed by atoms with Gasteiger partial charge in [0.2, 0.25) is 0 Å². The van der Waals surface area contributed by atoms with E-state index in [9.17, 15) is 14.4 Å². The number of halogens is 1. The molecule has 2 amide bonds. The average molecular weight is 446 g/mol. The second-order valence-corrected chi connectivity index (χ2v) is 7.72. The van der Waals surface area contributed by atoms with Crippen molar-refractivity contribution in [2.75, 3.05) is 13.1 Å². The molecule has 1 aliphatic rings. The highest BCUT2D eigenvalue weighted by atomic mass is 35.5. The number of carboxylic acids is 1. The van der Waals surface area contributed by atoms with E-state index in [1.165, 1.54) is 12.3 Å². The first-order valence-electron chi connectivity index (χ1n) is 10.1. The Hall–Kier alpha value is -3.13. The van der Waals surface area contributed by atoms with Gasteiger partial charge in [0.05, 0.1) is 12.0 Å². The Kier molecular flexibility index (Phi) is 7.83. The maximum absolute atomic E-state index is 12.3. The molecule has 1 aromatic carbocycles. The van der Waals surface area contributed by atoms with Gasteiger partial charge in [-0.05, 0) is 62.1 Å². The number of nitrogens with one attached hydrogen (secondary N) is 2. The minimum absolute atomic E-state index is 0.00540. The van der Waals surface area contributed by atoms with Crippen molar-refractivity contribution in [1.29, 1.82) is 0 Å². The number of amides is 2. The van der Waals surface area contributed by atoms with E-state index in [0.29, 0.717) is 42.6 Å². The number of carbonyl (C=O) groups excluding carboxylic acids is 2. The van der Waals surface area contributed by atoms with Gasteiger partial charge in [-0.15, -0.1) is 0 Å². The van der Waals surface area contributed by atoms with Gasteiger partial charge in [-0.2, -0.15) is 0 Å². The summed E-state index contributed by atoms with van der Waals surface area (Å²) in [5, 5.41) is 14.7. The van der Waals surface area contributed by atoms with E-state index in [1.807, 2.05) is 0 Å². The number of hydrogen-bond acceptors (Lipinski definition) is 5. The largest absolute Gasteiger partial charge is 0.490 e. The topological polar surface area (TPSA) is 118 Å². The molecule has 0 aliphatic heterocycles. The zero-order valence-corrected chi connectivity index (χ0v) is 17.6. The Morgan fingerprint density at radius 2 is 1.58 bits per heavy atom. The molecule has 1 heterocycles. The Bertz CT molecular complexity index is 927. The van der Waals surface area contributed by atoms with E-state index < -0.39 is 5.97 Å². The molecule has 164 valence electrons. The fraction of sp³-hybridized carbons (Fsp3) is 0.364. The predicted molar refractivity (Wildman–Crippen MR) is 114 cm³/mol. The summed E-state index contributed by atoms with van der Waals surface area (Å²) < 4.78 is 5.91. The molecule has 0 spiro atoms. The molecule has 0 bridgehead atoms. The number of aliphatic carboxylic acids is 1. The zero-order valence-electron chi connectivity index (χ0n) is 16.8. The molecule has 0 saturated heterocycles. The number of carbonyl (C=O) groups is 3. The fourth-order valence-corrected chi connectivity index (χ4v) is 3.58. The van der Waals surface area contributed by atoms with Crippen molar-refractivity contribution in [1.82, 2.24) is 15.6 Å². The van der Waals surface area contributed by atoms with Crippen LogP contribution in [0.5, 0.6) is 5.75 Å². The van der Waals surface area contributed by atoms with Crippen molar-refractivity contribution < 1.29 is 24.2 Å². The summed E-state index contributed by atoms with van der Waals surface area (Å²) in [7, 11) is 0. The minimum atomic E-state index is -0.741. The summed E-state index contributed by atoms with van der Waals surface area (Å²) in [5.74, 6) is -0.917. The Labute approximate surface area is 185 Å². The third-order valence-corrected chi connectivity index (χ3v) is 5.33. The molecular weight excluding hydrogens is 422 g/mol. The molecule has 0 atom stereocenters. The highest BCUT2D eigenvalue weighted by molar-refractivity contribution is 6.29. The maximum atomic E-state index is 12.3. The van der Waals surface area contributed by atoms with Gasteiger partial charge >= 0.3 is 5.97 Å². The molecule has 0 radical (unpaired) electrons. The van der Waals surface area contributed by atoms with Gasteiger partial charge in [0.15, 0.2) is 0 Å². The van der Waals surface area contributed by atoms with Crippen LogP contribution in [0.15, 0.2) is 42.6 Å². The molecular formula is C22H24ClN3O5. The number of aromatic nitrogens is 1. The molecule has 3 rings (SSSR count). The van der Waals surface area contributed by atoms with Crippen LogP contribution < -0.4 is 15.4 Å². The summed E-state index contributed by atoms with van der Waals surface area (Å²) in [5.41, 5.74) is 0.882. The van der Waals surface area contributed by atoms with Gasteiger partial charge in [0.1, 0.15) is 10.9 Å². The molecule has 1 aromatic heterocycles. The number of rotatable bonds is 8. The molecule has 1 saturated carbocycles. The normalized spacial score (nSPS) is 18.1. The van der Waals surface area contributed by atoms with E-state index in [0.717, 1.165) is 0 Å². The van der Waals surface area contributed by atoms with E-state index >= 15 is 0 Å². The Morgan fingerprint density at radius 3 is 2.16 bits per heavy atom. The van der Waals surface area contributed by atoms with Crippen LogP contribution in [0.25, 0.3) is 0 Å². The monoisotopic (exact) mass is 445 g/mol. The van der Waals surface area contributed by atoms with Crippen LogP contribution in [0.4, 0.5) is 0 Å². The van der Waals surface area contributed by atoms with E-state index in [4.69, 9.17) is 21.4 Å². The zero-order chi connectivity index (χ0) is 22.2. The molecule has 1 aliphatic carbocycles. The number of nitrogens with zero attached hydrogens (tertiary/aromatic N) is 1. The number of benzene rings is 1. The van der Waals surface area contributed by atoms with Crippen LogP contribution in [0.3, 0.4) is 0 Å². The molecule has 0 unspecified atom stereocenters. The highest BCUT2D eigenvalue weighted by Gasteiger charge is 2.26. The van der Waals surface area contributed by atoms with Crippen LogP contribution in [-0.4, -0.2) is 47.1 Å². The molecule has 2 aromatic rings. The second kappa shape index (κ2) is 10.8. The van der Waals surface area contributed by atoms with Crippen LogP contribution in [0.1, 0.15) is 46.4 Å². The number of pyridine rings is 1. The predicted octanol–water partition coefficient (Wildman–Crippen LogP) is 2.92. The van der Waals surface area contributed by atoms with Crippen LogP contribution in [0.2, 0.25) is 5.15 Å². The van der Waals surface area contributed by atoms with Crippen molar-refractivity contribution in [3.8, 4) is 5.75 Å².